The van der Waals surface area contributed by atoms with Gasteiger partial charge in [0.1, 0.15) is 5.82 Å². The van der Waals surface area contributed by atoms with Crippen molar-refractivity contribution in [1.29, 1.82) is 0 Å². The molecule has 166 valence electrons. The lowest BCUT2D eigenvalue weighted by molar-refractivity contribution is -0.0520. The second-order valence-corrected chi connectivity index (χ2v) is 6.47. The molecule has 0 aliphatic rings. The first-order valence-electron chi connectivity index (χ1n) is 10.1. The van der Waals surface area contributed by atoms with Gasteiger partial charge in [0.25, 0.3) is 0 Å². The van der Waals surface area contributed by atoms with E-state index < -0.39 is 6.61 Å². The van der Waals surface area contributed by atoms with Gasteiger partial charge in [0.2, 0.25) is 0 Å². The minimum absolute atomic E-state index is 0.00822. The topological polar surface area (TPSA) is 85.1 Å². The molecule has 0 fully saturated rings. The first-order valence-corrected chi connectivity index (χ1v) is 10.1. The molecule has 0 amide bonds. The molecule has 8 nitrogen and oxygen atoms in total. The Labute approximate surface area is 179 Å². The molecule has 2 aromatic heterocycles. The first kappa shape index (κ1) is 22.3. The SMILES string of the molecule is CCNC(=NCc1cccc(OCC)c1OC(F)F)NCCc1nnc2ccccn12. The van der Waals surface area contributed by atoms with Crippen LogP contribution in [0.25, 0.3) is 5.65 Å². The van der Waals surface area contributed by atoms with Crippen LogP contribution in [0.15, 0.2) is 47.6 Å². The van der Waals surface area contributed by atoms with E-state index in [0.29, 0.717) is 37.6 Å². The van der Waals surface area contributed by atoms with Crippen LogP contribution in [0.5, 0.6) is 11.5 Å². The van der Waals surface area contributed by atoms with Gasteiger partial charge in [-0.05, 0) is 32.0 Å². The number of para-hydroxylation sites is 1. The second kappa shape index (κ2) is 11.1. The van der Waals surface area contributed by atoms with Crippen LogP contribution in [0.1, 0.15) is 25.2 Å². The summed E-state index contributed by atoms with van der Waals surface area (Å²) in [7, 11) is 0. The third kappa shape index (κ3) is 6.03. The molecule has 0 saturated heterocycles. The predicted molar refractivity (Wildman–Crippen MR) is 114 cm³/mol. The van der Waals surface area contributed by atoms with Crippen molar-refractivity contribution < 1.29 is 18.3 Å². The van der Waals surface area contributed by atoms with Crippen LogP contribution in [0.3, 0.4) is 0 Å². The number of hydrogen-bond acceptors (Lipinski definition) is 5. The maximum Gasteiger partial charge on any atom is 0.387 e. The molecule has 2 heterocycles. The lowest BCUT2D eigenvalue weighted by Gasteiger charge is -2.15. The number of halogens is 2. The number of hydrogen-bond donors (Lipinski definition) is 2. The minimum Gasteiger partial charge on any atom is -0.490 e. The molecule has 0 spiro atoms. The van der Waals surface area contributed by atoms with Crippen molar-refractivity contribution in [2.75, 3.05) is 19.7 Å². The van der Waals surface area contributed by atoms with Crippen LogP contribution >= 0.6 is 0 Å². The molecule has 0 radical (unpaired) electrons. The summed E-state index contributed by atoms with van der Waals surface area (Å²) in [5.74, 6) is 1.66. The average molecular weight is 432 g/mol. The van der Waals surface area contributed by atoms with E-state index >= 15 is 0 Å². The number of nitrogens with zero attached hydrogens (tertiary/aromatic N) is 4. The fraction of sp³-hybridized carbons (Fsp3) is 0.381. The van der Waals surface area contributed by atoms with Crippen LogP contribution in [0.2, 0.25) is 0 Å². The van der Waals surface area contributed by atoms with Crippen molar-refractivity contribution >= 4 is 11.6 Å². The summed E-state index contributed by atoms with van der Waals surface area (Å²) < 4.78 is 37.9. The number of benzene rings is 1. The predicted octanol–water partition coefficient (Wildman–Crippen LogP) is 3.03. The van der Waals surface area contributed by atoms with E-state index in [1.54, 1.807) is 25.1 Å². The fourth-order valence-electron chi connectivity index (χ4n) is 3.04. The number of alkyl halides is 2. The van der Waals surface area contributed by atoms with E-state index in [0.717, 1.165) is 11.5 Å². The van der Waals surface area contributed by atoms with Crippen molar-refractivity contribution in [3.63, 3.8) is 0 Å². The molecule has 0 atom stereocenters. The Bertz CT molecular complexity index is 1010. The Morgan fingerprint density at radius 2 is 2.00 bits per heavy atom. The normalized spacial score (nSPS) is 11.7. The lowest BCUT2D eigenvalue weighted by atomic mass is 10.2. The van der Waals surface area contributed by atoms with Gasteiger partial charge >= 0.3 is 6.61 Å². The Kier molecular flexibility index (Phi) is 7.97. The average Bonchev–Trinajstić information content (AvgIpc) is 3.17. The summed E-state index contributed by atoms with van der Waals surface area (Å²) in [6, 6.07) is 10.7. The third-order valence-electron chi connectivity index (χ3n) is 4.34. The van der Waals surface area contributed by atoms with Gasteiger partial charge in [-0.15, -0.1) is 10.2 Å². The molecule has 0 saturated carbocycles. The zero-order valence-electron chi connectivity index (χ0n) is 17.5. The highest BCUT2D eigenvalue weighted by Crippen LogP contribution is 2.33. The van der Waals surface area contributed by atoms with E-state index in [1.807, 2.05) is 35.7 Å². The molecule has 0 bridgehead atoms. The molecule has 10 heteroatoms. The maximum absolute atomic E-state index is 12.9. The maximum atomic E-state index is 12.9. The fourth-order valence-corrected chi connectivity index (χ4v) is 3.04. The first-order chi connectivity index (χ1) is 15.1. The van der Waals surface area contributed by atoms with Gasteiger partial charge in [-0.1, -0.05) is 18.2 Å². The van der Waals surface area contributed by atoms with Crippen molar-refractivity contribution in [3.05, 3.63) is 54.0 Å². The van der Waals surface area contributed by atoms with E-state index in [9.17, 15) is 8.78 Å². The Morgan fingerprint density at radius 1 is 1.13 bits per heavy atom. The van der Waals surface area contributed by atoms with E-state index in [2.05, 4.69) is 25.8 Å². The second-order valence-electron chi connectivity index (χ2n) is 6.47. The Hall–Kier alpha value is -3.43. The number of aliphatic imine (C=N–C) groups is 1. The standard InChI is InChI=1S/C21H26F2N6O2/c1-3-24-21(25-12-11-18-28-27-17-10-5-6-13-29(17)18)26-14-15-8-7-9-16(30-4-2)19(15)31-20(22)23/h5-10,13,20H,3-4,11-12,14H2,1-2H3,(H2,24,25,26). The Morgan fingerprint density at radius 3 is 2.77 bits per heavy atom. The number of nitrogens with one attached hydrogen (secondary N) is 2. The lowest BCUT2D eigenvalue weighted by Crippen LogP contribution is -2.38. The zero-order valence-corrected chi connectivity index (χ0v) is 17.5. The van der Waals surface area contributed by atoms with Gasteiger partial charge in [0, 0.05) is 31.3 Å². The summed E-state index contributed by atoms with van der Waals surface area (Å²) >= 11 is 0. The van der Waals surface area contributed by atoms with Crippen LogP contribution in [0, 0.1) is 0 Å². The summed E-state index contributed by atoms with van der Waals surface area (Å²) in [5, 5.41) is 14.7. The quantitative estimate of drug-likeness (QED) is 0.378. The van der Waals surface area contributed by atoms with Gasteiger partial charge < -0.3 is 20.1 Å². The Balaban J connectivity index is 1.68. The van der Waals surface area contributed by atoms with Gasteiger partial charge in [-0.2, -0.15) is 8.78 Å². The molecule has 0 aliphatic carbocycles. The smallest absolute Gasteiger partial charge is 0.387 e. The molecular formula is C21H26F2N6O2. The molecule has 31 heavy (non-hydrogen) atoms. The molecule has 2 N–H and O–H groups in total. The highest BCUT2D eigenvalue weighted by molar-refractivity contribution is 5.79. The van der Waals surface area contributed by atoms with Crippen molar-refractivity contribution in [2.45, 2.75) is 33.4 Å². The van der Waals surface area contributed by atoms with Gasteiger partial charge in [-0.3, -0.25) is 4.40 Å². The van der Waals surface area contributed by atoms with Crippen LogP contribution in [-0.4, -0.2) is 46.9 Å². The van der Waals surface area contributed by atoms with Crippen LogP contribution < -0.4 is 20.1 Å². The monoisotopic (exact) mass is 432 g/mol. The van der Waals surface area contributed by atoms with E-state index in [4.69, 9.17) is 9.47 Å². The van der Waals surface area contributed by atoms with Crippen molar-refractivity contribution in [2.24, 2.45) is 4.99 Å². The van der Waals surface area contributed by atoms with Gasteiger partial charge in [0.05, 0.1) is 13.2 Å². The number of rotatable bonds is 10. The summed E-state index contributed by atoms with van der Waals surface area (Å²) in [6.07, 6.45) is 2.55. The highest BCUT2D eigenvalue weighted by Gasteiger charge is 2.15. The van der Waals surface area contributed by atoms with E-state index in [-0.39, 0.29) is 18.0 Å². The zero-order chi connectivity index (χ0) is 22.1. The van der Waals surface area contributed by atoms with Crippen LogP contribution in [0.4, 0.5) is 8.78 Å². The number of fused-ring (bicyclic) bond motifs is 1. The van der Waals surface area contributed by atoms with Crippen LogP contribution in [-0.2, 0) is 13.0 Å². The van der Waals surface area contributed by atoms with Gasteiger partial charge in [0.15, 0.2) is 23.1 Å². The molecule has 0 aliphatic heterocycles. The highest BCUT2D eigenvalue weighted by atomic mass is 19.3. The summed E-state index contributed by atoms with van der Waals surface area (Å²) in [6.45, 7) is 2.49. The van der Waals surface area contributed by atoms with E-state index in [1.165, 1.54) is 0 Å². The number of ether oxygens (including phenoxy) is 2. The molecular weight excluding hydrogens is 406 g/mol. The third-order valence-corrected chi connectivity index (χ3v) is 4.34. The minimum atomic E-state index is -2.95. The number of aromatic nitrogens is 3. The largest absolute Gasteiger partial charge is 0.490 e. The van der Waals surface area contributed by atoms with Gasteiger partial charge in [-0.25, -0.2) is 4.99 Å². The summed E-state index contributed by atoms with van der Waals surface area (Å²) in [4.78, 5) is 4.51. The van der Waals surface area contributed by atoms with Crippen molar-refractivity contribution in [3.8, 4) is 11.5 Å². The molecule has 3 aromatic rings. The van der Waals surface area contributed by atoms with Crippen molar-refractivity contribution in [1.82, 2.24) is 25.2 Å². The molecule has 0 unspecified atom stereocenters. The summed E-state index contributed by atoms with van der Waals surface area (Å²) in [5.41, 5.74) is 1.30. The molecule has 1 aromatic carbocycles. The number of guanidine groups is 1. The number of pyridine rings is 1. The molecule has 3 rings (SSSR count).